The number of aromatic nitrogens is 2. The molecule has 1 aromatic heterocycles. The molecule has 1 saturated heterocycles. The number of benzene rings is 3. The zero-order valence-electron chi connectivity index (χ0n) is 20.3. The summed E-state index contributed by atoms with van der Waals surface area (Å²) < 4.78 is 48.4. The Labute approximate surface area is 210 Å². The van der Waals surface area contributed by atoms with Crippen molar-refractivity contribution in [3.8, 4) is 11.4 Å². The molecule has 1 aliphatic heterocycles. The maximum atomic E-state index is 13.5. The molecule has 3 atom stereocenters. The standard InChI is InChI=1S/C28H28FN3O3S/c1-19-12-27-20(16-30-32(27)23-10-8-22(29)9-11-23)13-26(19)28-15-25(35-24-6-4-3-5-7-24)14-21(28)17-31(18-28)36(2,33)34/h3-13,16,21,25H,14-15,17-18H2,1-2H3. The van der Waals surface area contributed by atoms with Crippen molar-refractivity contribution in [2.45, 2.75) is 31.3 Å². The second-order valence-electron chi connectivity index (χ2n) is 10.2. The molecule has 6 rings (SSSR count). The number of halogens is 1. The van der Waals surface area contributed by atoms with Crippen LogP contribution in [0.4, 0.5) is 4.39 Å². The molecule has 0 spiro atoms. The van der Waals surface area contributed by atoms with Crippen LogP contribution in [-0.2, 0) is 15.4 Å². The van der Waals surface area contributed by atoms with Gasteiger partial charge in [-0.1, -0.05) is 18.2 Å². The first kappa shape index (κ1) is 23.2. The second kappa shape index (κ2) is 8.42. The van der Waals surface area contributed by atoms with E-state index in [2.05, 4.69) is 24.2 Å². The molecule has 0 bridgehead atoms. The lowest BCUT2D eigenvalue weighted by molar-refractivity contribution is 0.191. The third-order valence-electron chi connectivity index (χ3n) is 7.84. The number of ether oxygens (including phenoxy) is 1. The lowest BCUT2D eigenvalue weighted by atomic mass is 9.72. The molecule has 2 heterocycles. The van der Waals surface area contributed by atoms with Crippen molar-refractivity contribution in [3.63, 3.8) is 0 Å². The van der Waals surface area contributed by atoms with E-state index in [0.29, 0.717) is 13.1 Å². The first-order chi connectivity index (χ1) is 17.2. The molecule has 186 valence electrons. The fourth-order valence-corrected chi connectivity index (χ4v) is 7.13. The molecule has 0 radical (unpaired) electrons. The summed E-state index contributed by atoms with van der Waals surface area (Å²) in [4.78, 5) is 0. The van der Waals surface area contributed by atoms with Gasteiger partial charge in [0.25, 0.3) is 0 Å². The Kier molecular flexibility index (Phi) is 5.42. The largest absolute Gasteiger partial charge is 0.490 e. The molecule has 2 fully saturated rings. The Morgan fingerprint density at radius 3 is 2.56 bits per heavy atom. The third-order valence-corrected chi connectivity index (χ3v) is 9.06. The third kappa shape index (κ3) is 3.89. The van der Waals surface area contributed by atoms with Gasteiger partial charge in [-0.15, -0.1) is 0 Å². The van der Waals surface area contributed by atoms with Crippen LogP contribution < -0.4 is 4.74 Å². The van der Waals surface area contributed by atoms with E-state index in [1.54, 1.807) is 16.4 Å². The Morgan fingerprint density at radius 1 is 1.08 bits per heavy atom. The van der Waals surface area contributed by atoms with Crippen molar-refractivity contribution < 1.29 is 17.5 Å². The number of nitrogens with zero attached hydrogens (tertiary/aromatic N) is 3. The van der Waals surface area contributed by atoms with Crippen LogP contribution in [0.3, 0.4) is 0 Å². The number of rotatable bonds is 5. The summed E-state index contributed by atoms with van der Waals surface area (Å²) >= 11 is 0. The number of hydrogen-bond acceptors (Lipinski definition) is 4. The molecular formula is C28H28FN3O3S. The van der Waals surface area contributed by atoms with Gasteiger partial charge in [0, 0.05) is 23.9 Å². The first-order valence-electron chi connectivity index (χ1n) is 12.1. The molecular weight excluding hydrogens is 477 g/mol. The van der Waals surface area contributed by atoms with Gasteiger partial charge in [-0.25, -0.2) is 21.8 Å². The van der Waals surface area contributed by atoms with Crippen LogP contribution in [0.5, 0.6) is 5.75 Å². The van der Waals surface area contributed by atoms with E-state index >= 15 is 0 Å². The Morgan fingerprint density at radius 2 is 1.83 bits per heavy atom. The van der Waals surface area contributed by atoms with Crippen molar-refractivity contribution in [1.82, 2.24) is 14.1 Å². The zero-order valence-corrected chi connectivity index (χ0v) is 21.1. The summed E-state index contributed by atoms with van der Waals surface area (Å²) in [6.07, 6.45) is 4.67. The normalized spacial score (nSPS) is 24.3. The van der Waals surface area contributed by atoms with Gasteiger partial charge < -0.3 is 4.74 Å². The first-order valence-corrected chi connectivity index (χ1v) is 14.0. The Hall–Kier alpha value is -3.23. The van der Waals surface area contributed by atoms with Crippen molar-refractivity contribution in [2.75, 3.05) is 19.3 Å². The van der Waals surface area contributed by atoms with E-state index in [4.69, 9.17) is 4.74 Å². The van der Waals surface area contributed by atoms with E-state index in [-0.39, 0.29) is 23.3 Å². The molecule has 3 unspecified atom stereocenters. The van der Waals surface area contributed by atoms with Crippen LogP contribution in [-0.4, -0.2) is 48.0 Å². The van der Waals surface area contributed by atoms with Crippen molar-refractivity contribution >= 4 is 20.9 Å². The van der Waals surface area contributed by atoms with E-state index < -0.39 is 10.0 Å². The minimum Gasteiger partial charge on any atom is -0.490 e. The fourth-order valence-electron chi connectivity index (χ4n) is 6.22. The maximum absolute atomic E-state index is 13.5. The van der Waals surface area contributed by atoms with Gasteiger partial charge in [0.15, 0.2) is 0 Å². The summed E-state index contributed by atoms with van der Waals surface area (Å²) in [5, 5.41) is 5.55. The van der Waals surface area contributed by atoms with Crippen LogP contribution in [0.2, 0.25) is 0 Å². The summed E-state index contributed by atoms with van der Waals surface area (Å²) in [5.41, 5.74) is 3.63. The van der Waals surface area contributed by atoms with Crippen molar-refractivity contribution in [3.05, 3.63) is 89.9 Å². The fraction of sp³-hybridized carbons (Fsp3) is 0.321. The summed E-state index contributed by atoms with van der Waals surface area (Å²) in [6.45, 7) is 3.03. The van der Waals surface area contributed by atoms with Crippen LogP contribution in [0.1, 0.15) is 24.0 Å². The van der Waals surface area contributed by atoms with E-state index in [1.165, 1.54) is 18.4 Å². The van der Waals surface area contributed by atoms with Gasteiger partial charge in [0.2, 0.25) is 10.0 Å². The molecule has 3 aromatic carbocycles. The van der Waals surface area contributed by atoms with E-state index in [9.17, 15) is 12.8 Å². The lowest BCUT2D eigenvalue weighted by Gasteiger charge is -2.31. The smallest absolute Gasteiger partial charge is 0.211 e. The Balaban J connectivity index is 1.41. The quantitative estimate of drug-likeness (QED) is 0.389. The highest BCUT2D eigenvalue weighted by molar-refractivity contribution is 7.88. The van der Waals surface area contributed by atoms with Crippen LogP contribution in [0.25, 0.3) is 16.6 Å². The van der Waals surface area contributed by atoms with Gasteiger partial charge in [0.1, 0.15) is 11.6 Å². The van der Waals surface area contributed by atoms with Crippen LogP contribution in [0, 0.1) is 18.7 Å². The highest BCUT2D eigenvalue weighted by atomic mass is 32.2. The van der Waals surface area contributed by atoms with E-state index in [1.807, 2.05) is 41.2 Å². The Bertz CT molecular complexity index is 1540. The molecule has 2 aliphatic rings. The number of para-hydroxylation sites is 1. The molecule has 1 aliphatic carbocycles. The minimum atomic E-state index is -3.31. The predicted octanol–water partition coefficient (Wildman–Crippen LogP) is 4.84. The molecule has 4 aromatic rings. The van der Waals surface area contributed by atoms with Crippen molar-refractivity contribution in [1.29, 1.82) is 0 Å². The minimum absolute atomic E-state index is 0.0103. The summed E-state index contributed by atoms with van der Waals surface area (Å²) in [5.74, 6) is 0.707. The zero-order chi connectivity index (χ0) is 25.1. The average Bonchev–Trinajstić information content (AvgIpc) is 3.50. The maximum Gasteiger partial charge on any atom is 0.211 e. The number of aryl methyl sites for hydroxylation is 1. The summed E-state index contributed by atoms with van der Waals surface area (Å²) in [7, 11) is -3.31. The van der Waals surface area contributed by atoms with Gasteiger partial charge >= 0.3 is 0 Å². The van der Waals surface area contributed by atoms with Gasteiger partial charge in [0.05, 0.1) is 29.8 Å². The van der Waals surface area contributed by atoms with Crippen LogP contribution >= 0.6 is 0 Å². The highest BCUT2D eigenvalue weighted by Gasteiger charge is 2.56. The summed E-state index contributed by atoms with van der Waals surface area (Å²) in [6, 6.07) is 20.4. The predicted molar refractivity (Wildman–Crippen MR) is 137 cm³/mol. The number of sulfonamides is 1. The molecule has 1 saturated carbocycles. The molecule has 0 amide bonds. The van der Waals surface area contributed by atoms with E-state index in [0.717, 1.165) is 46.3 Å². The molecule has 6 nitrogen and oxygen atoms in total. The second-order valence-corrected chi connectivity index (χ2v) is 12.1. The SMILES string of the molecule is Cc1cc2c(cnn2-c2ccc(F)cc2)cc1C12CC(Oc3ccccc3)CC1CN(S(C)(=O)=O)C2. The highest BCUT2D eigenvalue weighted by Crippen LogP contribution is 2.53. The van der Waals surface area contributed by atoms with Crippen molar-refractivity contribution in [2.24, 2.45) is 5.92 Å². The topological polar surface area (TPSA) is 64.4 Å². The molecule has 36 heavy (non-hydrogen) atoms. The number of hydrogen-bond donors (Lipinski definition) is 0. The molecule has 0 N–H and O–H groups in total. The monoisotopic (exact) mass is 505 g/mol. The van der Waals surface area contributed by atoms with Gasteiger partial charge in [-0.05, 0) is 85.3 Å². The van der Waals surface area contributed by atoms with Crippen LogP contribution in [0.15, 0.2) is 72.9 Å². The van der Waals surface area contributed by atoms with Gasteiger partial charge in [-0.2, -0.15) is 5.10 Å². The van der Waals surface area contributed by atoms with Gasteiger partial charge in [-0.3, -0.25) is 0 Å². The average molecular weight is 506 g/mol. The lowest BCUT2D eigenvalue weighted by Crippen LogP contribution is -2.36. The number of fused-ring (bicyclic) bond motifs is 2. The molecule has 8 heteroatoms.